The zero-order valence-electron chi connectivity index (χ0n) is 16.5. The molecule has 0 unspecified atom stereocenters. The summed E-state index contributed by atoms with van der Waals surface area (Å²) < 4.78 is 0. The minimum absolute atomic E-state index is 0.0268. The maximum atomic E-state index is 12.9. The van der Waals surface area contributed by atoms with Crippen molar-refractivity contribution >= 4 is 23.2 Å². The number of aromatic nitrogens is 1. The summed E-state index contributed by atoms with van der Waals surface area (Å²) >= 11 is 1.62. The Hall–Kier alpha value is -2.25. The summed E-state index contributed by atoms with van der Waals surface area (Å²) in [5, 5.41) is 8.31. The molecule has 0 spiro atoms. The number of carbonyl (C=O) groups excluding carboxylic acids is 2. The van der Waals surface area contributed by atoms with E-state index in [-0.39, 0.29) is 29.8 Å². The van der Waals surface area contributed by atoms with Crippen molar-refractivity contribution in [1.82, 2.24) is 20.5 Å². The van der Waals surface area contributed by atoms with Crippen LogP contribution in [-0.2, 0) is 16.0 Å². The third-order valence-corrected chi connectivity index (χ3v) is 6.90. The molecule has 0 aliphatic carbocycles. The van der Waals surface area contributed by atoms with E-state index >= 15 is 0 Å². The molecule has 2 aromatic heterocycles. The van der Waals surface area contributed by atoms with Gasteiger partial charge in [0.05, 0.1) is 12.1 Å². The predicted molar refractivity (Wildman–Crippen MR) is 113 cm³/mol. The molecular formula is C22H28N4O2S. The zero-order valence-corrected chi connectivity index (χ0v) is 17.4. The molecule has 4 rings (SSSR count). The second kappa shape index (κ2) is 9.50. The van der Waals surface area contributed by atoms with Crippen LogP contribution in [0.5, 0.6) is 0 Å². The monoisotopic (exact) mass is 412 g/mol. The van der Waals surface area contributed by atoms with E-state index < -0.39 is 0 Å². The number of rotatable bonds is 6. The molecule has 0 bridgehead atoms. The Morgan fingerprint density at radius 3 is 2.79 bits per heavy atom. The number of piperidine rings is 2. The predicted octanol–water partition coefficient (Wildman–Crippen LogP) is 2.53. The van der Waals surface area contributed by atoms with E-state index in [1.54, 1.807) is 11.3 Å². The molecule has 0 aromatic carbocycles. The molecule has 2 aliphatic heterocycles. The van der Waals surface area contributed by atoms with Crippen molar-refractivity contribution in [3.8, 4) is 0 Å². The van der Waals surface area contributed by atoms with Gasteiger partial charge in [-0.15, -0.1) is 11.3 Å². The minimum Gasteiger partial charge on any atom is -0.351 e. The number of nitrogens with zero attached hydrogens (tertiary/aromatic N) is 2. The summed E-state index contributed by atoms with van der Waals surface area (Å²) in [5.41, 5.74) is 1.12. The van der Waals surface area contributed by atoms with Gasteiger partial charge < -0.3 is 15.5 Å². The molecule has 154 valence electrons. The number of pyridine rings is 1. The van der Waals surface area contributed by atoms with E-state index in [1.165, 1.54) is 0 Å². The van der Waals surface area contributed by atoms with Crippen LogP contribution < -0.4 is 10.6 Å². The van der Waals surface area contributed by atoms with E-state index in [2.05, 4.69) is 26.6 Å². The van der Waals surface area contributed by atoms with Gasteiger partial charge in [0, 0.05) is 42.1 Å². The molecule has 2 amide bonds. The fourth-order valence-corrected chi connectivity index (χ4v) is 5.07. The van der Waals surface area contributed by atoms with Crippen molar-refractivity contribution in [2.24, 2.45) is 5.92 Å². The number of nitrogens with one attached hydrogen (secondary N) is 2. The molecular weight excluding hydrogens is 384 g/mol. The average molecular weight is 413 g/mol. The van der Waals surface area contributed by atoms with Gasteiger partial charge in [0.25, 0.3) is 0 Å². The summed E-state index contributed by atoms with van der Waals surface area (Å²) in [5.74, 6) is 0.259. The molecule has 6 nitrogen and oxygen atoms in total. The molecule has 2 fully saturated rings. The summed E-state index contributed by atoms with van der Waals surface area (Å²) in [4.78, 5) is 32.7. The van der Waals surface area contributed by atoms with E-state index in [0.29, 0.717) is 12.8 Å². The van der Waals surface area contributed by atoms with E-state index in [1.807, 2.05) is 35.8 Å². The van der Waals surface area contributed by atoms with Gasteiger partial charge in [-0.1, -0.05) is 12.1 Å². The maximum Gasteiger partial charge on any atom is 0.223 e. The van der Waals surface area contributed by atoms with Crippen LogP contribution in [0, 0.1) is 5.92 Å². The Bertz CT molecular complexity index is 803. The smallest absolute Gasteiger partial charge is 0.223 e. The van der Waals surface area contributed by atoms with Gasteiger partial charge in [-0.2, -0.15) is 0 Å². The Kier molecular flexibility index (Phi) is 6.56. The van der Waals surface area contributed by atoms with Gasteiger partial charge in [0.2, 0.25) is 11.8 Å². The average Bonchev–Trinajstić information content (AvgIpc) is 3.29. The largest absolute Gasteiger partial charge is 0.351 e. The SMILES string of the molecule is O=C1CC[C@@H](NC(=O)C2CCN(CCc3ccccn3)CC2)[C@H](c2cccs2)N1. The van der Waals surface area contributed by atoms with Crippen molar-refractivity contribution in [3.05, 3.63) is 52.5 Å². The van der Waals surface area contributed by atoms with Crippen molar-refractivity contribution in [1.29, 1.82) is 0 Å². The van der Waals surface area contributed by atoms with Crippen LogP contribution in [0.1, 0.15) is 42.3 Å². The number of thiophene rings is 1. The highest BCUT2D eigenvalue weighted by Crippen LogP contribution is 2.28. The van der Waals surface area contributed by atoms with Crippen LogP contribution in [0.15, 0.2) is 41.9 Å². The molecule has 0 radical (unpaired) electrons. The molecule has 2 saturated heterocycles. The topological polar surface area (TPSA) is 74.3 Å². The quantitative estimate of drug-likeness (QED) is 0.765. The van der Waals surface area contributed by atoms with Crippen LogP contribution in [-0.4, -0.2) is 47.4 Å². The van der Waals surface area contributed by atoms with Crippen molar-refractivity contribution in [3.63, 3.8) is 0 Å². The lowest BCUT2D eigenvalue weighted by atomic mass is 9.92. The Labute approximate surface area is 175 Å². The molecule has 7 heteroatoms. The first-order chi connectivity index (χ1) is 14.2. The third-order valence-electron chi connectivity index (χ3n) is 5.95. The third kappa shape index (κ3) is 5.22. The van der Waals surface area contributed by atoms with Crippen LogP contribution >= 0.6 is 11.3 Å². The lowest BCUT2D eigenvalue weighted by molar-refractivity contribution is -0.130. The van der Waals surface area contributed by atoms with E-state index in [0.717, 1.165) is 49.5 Å². The van der Waals surface area contributed by atoms with Crippen molar-refractivity contribution in [2.45, 2.75) is 44.2 Å². The molecule has 2 atom stereocenters. The number of amides is 2. The van der Waals surface area contributed by atoms with Crippen LogP contribution in [0.2, 0.25) is 0 Å². The van der Waals surface area contributed by atoms with Gasteiger partial charge in [0.1, 0.15) is 0 Å². The van der Waals surface area contributed by atoms with Gasteiger partial charge in [-0.3, -0.25) is 14.6 Å². The number of hydrogen-bond donors (Lipinski definition) is 2. The van der Waals surface area contributed by atoms with Gasteiger partial charge in [-0.25, -0.2) is 0 Å². The van der Waals surface area contributed by atoms with Gasteiger partial charge in [0.15, 0.2) is 0 Å². The zero-order chi connectivity index (χ0) is 20.1. The Balaban J connectivity index is 1.26. The highest BCUT2D eigenvalue weighted by Gasteiger charge is 2.34. The van der Waals surface area contributed by atoms with Crippen LogP contribution in [0.25, 0.3) is 0 Å². The normalized spacial score (nSPS) is 23.5. The number of likely N-dealkylation sites (tertiary alicyclic amines) is 1. The first-order valence-electron chi connectivity index (χ1n) is 10.4. The summed E-state index contributed by atoms with van der Waals surface area (Å²) in [6.45, 7) is 2.88. The van der Waals surface area contributed by atoms with Gasteiger partial charge in [-0.05, 0) is 55.9 Å². The second-order valence-electron chi connectivity index (χ2n) is 7.90. The Morgan fingerprint density at radius 1 is 1.21 bits per heavy atom. The summed E-state index contributed by atoms with van der Waals surface area (Å²) in [6, 6.07) is 9.90. The number of carbonyl (C=O) groups is 2. The van der Waals surface area contributed by atoms with E-state index in [9.17, 15) is 9.59 Å². The first kappa shape index (κ1) is 20.0. The minimum atomic E-state index is -0.112. The van der Waals surface area contributed by atoms with Gasteiger partial charge >= 0.3 is 0 Å². The standard InChI is InChI=1S/C22H28N4O2S/c27-20-7-6-18(21(25-20)19-5-3-15-29-19)24-22(28)16-8-12-26(13-9-16)14-10-17-4-1-2-11-23-17/h1-5,11,15-16,18,21H,6-10,12-14H2,(H,24,28)(H,25,27)/t18-,21-/m1/s1. The molecule has 2 aliphatic rings. The van der Waals surface area contributed by atoms with E-state index in [4.69, 9.17) is 0 Å². The van der Waals surface area contributed by atoms with Crippen LogP contribution in [0.4, 0.5) is 0 Å². The second-order valence-corrected chi connectivity index (χ2v) is 8.88. The first-order valence-corrected chi connectivity index (χ1v) is 11.3. The fourth-order valence-electron chi connectivity index (χ4n) is 4.23. The maximum absolute atomic E-state index is 12.9. The van der Waals surface area contributed by atoms with Crippen molar-refractivity contribution in [2.75, 3.05) is 19.6 Å². The summed E-state index contributed by atoms with van der Waals surface area (Å²) in [7, 11) is 0. The molecule has 29 heavy (non-hydrogen) atoms. The number of hydrogen-bond acceptors (Lipinski definition) is 5. The lowest BCUT2D eigenvalue weighted by Crippen LogP contribution is -2.52. The molecule has 2 aromatic rings. The highest BCUT2D eigenvalue weighted by atomic mass is 32.1. The molecule has 0 saturated carbocycles. The lowest BCUT2D eigenvalue weighted by Gasteiger charge is -2.35. The molecule has 4 heterocycles. The molecule has 2 N–H and O–H groups in total. The van der Waals surface area contributed by atoms with Crippen LogP contribution in [0.3, 0.4) is 0 Å². The highest BCUT2D eigenvalue weighted by molar-refractivity contribution is 7.10. The summed E-state index contributed by atoms with van der Waals surface area (Å²) in [6.07, 6.45) is 5.72. The van der Waals surface area contributed by atoms with Crippen molar-refractivity contribution < 1.29 is 9.59 Å². The Morgan fingerprint density at radius 2 is 2.07 bits per heavy atom. The fraction of sp³-hybridized carbons (Fsp3) is 0.500.